The van der Waals surface area contributed by atoms with Crippen molar-refractivity contribution in [2.75, 3.05) is 40.1 Å². The quantitative estimate of drug-likeness (QED) is 0.636. The van der Waals surface area contributed by atoms with Crippen molar-refractivity contribution in [1.82, 2.24) is 10.3 Å². The molecule has 0 bridgehead atoms. The first-order valence-corrected chi connectivity index (χ1v) is 6.55. The third-order valence-corrected chi connectivity index (χ3v) is 2.86. The molecule has 0 atom stereocenters. The molecule has 0 aliphatic heterocycles. The Bertz CT molecular complexity index is 566. The molecule has 1 aromatic heterocycles. The molecule has 6 heteroatoms. The standard InChI is InChI=1S/C15H22N6/c1-17-12(14(18-2)15(16)19-3)8-6-11-7-9-13(20-10-11)21(4)5/h6-10H,1-5H3,(H2,16,19)/b8-6+,17-12-,18-14+. The van der Waals surface area contributed by atoms with Crippen molar-refractivity contribution in [2.24, 2.45) is 9.98 Å². The fraction of sp³-hybridized carbons (Fsp3) is 0.333. The van der Waals surface area contributed by atoms with Gasteiger partial charge < -0.3 is 10.2 Å². The van der Waals surface area contributed by atoms with Gasteiger partial charge in [-0.05, 0) is 23.8 Å². The fourth-order valence-electron chi connectivity index (χ4n) is 1.67. The molecule has 2 N–H and O–H groups in total. The maximum atomic E-state index is 7.81. The molecule has 112 valence electrons. The van der Waals surface area contributed by atoms with Crippen molar-refractivity contribution >= 4 is 29.2 Å². The van der Waals surface area contributed by atoms with Gasteiger partial charge in [0.2, 0.25) is 0 Å². The van der Waals surface area contributed by atoms with Crippen LogP contribution in [0.2, 0.25) is 0 Å². The molecule has 0 saturated heterocycles. The first-order valence-electron chi connectivity index (χ1n) is 6.55. The van der Waals surface area contributed by atoms with Crippen molar-refractivity contribution in [3.63, 3.8) is 0 Å². The molecule has 0 unspecified atom stereocenters. The van der Waals surface area contributed by atoms with E-state index in [1.54, 1.807) is 27.3 Å². The Morgan fingerprint density at radius 1 is 1.29 bits per heavy atom. The molecule has 0 radical (unpaired) electrons. The summed E-state index contributed by atoms with van der Waals surface area (Å²) in [5.74, 6) is 1.15. The molecule has 1 rings (SSSR count). The summed E-state index contributed by atoms with van der Waals surface area (Å²) in [7, 11) is 8.92. The molecule has 0 saturated carbocycles. The van der Waals surface area contributed by atoms with Gasteiger partial charge in [-0.1, -0.05) is 6.08 Å². The lowest BCUT2D eigenvalue weighted by Gasteiger charge is -2.10. The second-order valence-corrected chi connectivity index (χ2v) is 4.48. The topological polar surface area (TPSA) is 76.7 Å². The van der Waals surface area contributed by atoms with E-state index in [1.807, 2.05) is 43.3 Å². The molecule has 21 heavy (non-hydrogen) atoms. The Kier molecular flexibility index (Phi) is 6.26. The van der Waals surface area contributed by atoms with E-state index < -0.39 is 0 Å². The first kappa shape index (κ1) is 16.6. The van der Waals surface area contributed by atoms with Crippen molar-refractivity contribution in [2.45, 2.75) is 0 Å². The van der Waals surface area contributed by atoms with Crippen LogP contribution in [-0.2, 0) is 0 Å². The third-order valence-electron chi connectivity index (χ3n) is 2.86. The number of nitrogens with zero attached hydrogens (tertiary/aromatic N) is 4. The zero-order valence-electron chi connectivity index (χ0n) is 13.2. The van der Waals surface area contributed by atoms with Crippen LogP contribution in [0.5, 0.6) is 0 Å². The summed E-state index contributed by atoms with van der Waals surface area (Å²) in [6.07, 6.45) is 5.54. The Morgan fingerprint density at radius 2 is 2.00 bits per heavy atom. The van der Waals surface area contributed by atoms with Gasteiger partial charge in [0.25, 0.3) is 0 Å². The molecular formula is C15H22N6. The number of amidine groups is 1. The van der Waals surface area contributed by atoms with E-state index >= 15 is 0 Å². The van der Waals surface area contributed by atoms with Gasteiger partial charge in [0.1, 0.15) is 17.4 Å². The van der Waals surface area contributed by atoms with Gasteiger partial charge >= 0.3 is 0 Å². The lowest BCUT2D eigenvalue weighted by Crippen LogP contribution is -2.32. The normalized spacial score (nSPS) is 12.6. The van der Waals surface area contributed by atoms with E-state index in [0.717, 1.165) is 11.4 Å². The van der Waals surface area contributed by atoms with Crippen LogP contribution in [0, 0.1) is 5.41 Å². The number of nitrogens with one attached hydrogen (secondary N) is 2. The maximum absolute atomic E-state index is 7.81. The van der Waals surface area contributed by atoms with Crippen LogP contribution in [0.25, 0.3) is 6.08 Å². The molecular weight excluding hydrogens is 264 g/mol. The number of aromatic nitrogens is 1. The number of allylic oxidation sites excluding steroid dienone is 1. The van der Waals surface area contributed by atoms with Crippen LogP contribution in [0.4, 0.5) is 5.82 Å². The van der Waals surface area contributed by atoms with Gasteiger partial charge in [-0.2, -0.15) is 0 Å². The minimum Gasteiger partial charge on any atom is -0.372 e. The van der Waals surface area contributed by atoms with Gasteiger partial charge in [-0.15, -0.1) is 0 Å². The monoisotopic (exact) mass is 286 g/mol. The Morgan fingerprint density at radius 3 is 2.43 bits per heavy atom. The van der Waals surface area contributed by atoms with Gasteiger partial charge in [0.05, 0.1) is 5.71 Å². The highest BCUT2D eigenvalue weighted by atomic mass is 15.1. The van der Waals surface area contributed by atoms with Crippen LogP contribution >= 0.6 is 0 Å². The second kappa shape index (κ2) is 7.94. The number of rotatable bonds is 5. The third kappa shape index (κ3) is 4.52. The Labute approximate surface area is 125 Å². The molecule has 6 nitrogen and oxygen atoms in total. The zero-order chi connectivity index (χ0) is 15.8. The molecule has 0 aliphatic carbocycles. The van der Waals surface area contributed by atoms with Crippen molar-refractivity contribution in [1.29, 1.82) is 5.41 Å². The summed E-state index contributed by atoms with van der Waals surface area (Å²) in [6.45, 7) is 0. The first-order chi connectivity index (χ1) is 10.0. The van der Waals surface area contributed by atoms with E-state index in [0.29, 0.717) is 11.4 Å². The second-order valence-electron chi connectivity index (χ2n) is 4.48. The highest BCUT2D eigenvalue weighted by Crippen LogP contribution is 2.09. The maximum Gasteiger partial charge on any atom is 0.145 e. The van der Waals surface area contributed by atoms with E-state index in [4.69, 9.17) is 5.41 Å². The van der Waals surface area contributed by atoms with Gasteiger partial charge in [0, 0.05) is 41.4 Å². The summed E-state index contributed by atoms with van der Waals surface area (Å²) < 4.78 is 0. The summed E-state index contributed by atoms with van der Waals surface area (Å²) in [5, 5.41) is 10.6. The van der Waals surface area contributed by atoms with E-state index in [2.05, 4.69) is 20.3 Å². The average molecular weight is 286 g/mol. The molecule has 0 spiro atoms. The summed E-state index contributed by atoms with van der Waals surface area (Å²) in [4.78, 5) is 14.6. The van der Waals surface area contributed by atoms with E-state index in [-0.39, 0.29) is 5.84 Å². The largest absolute Gasteiger partial charge is 0.372 e. The van der Waals surface area contributed by atoms with Crippen LogP contribution < -0.4 is 10.2 Å². The predicted octanol–water partition coefficient (Wildman–Crippen LogP) is 1.50. The molecule has 0 aliphatic rings. The number of pyridine rings is 1. The Balaban J connectivity index is 2.93. The smallest absolute Gasteiger partial charge is 0.145 e. The molecule has 1 aromatic rings. The lowest BCUT2D eigenvalue weighted by atomic mass is 10.1. The highest BCUT2D eigenvalue weighted by molar-refractivity contribution is 6.70. The number of aliphatic imine (C=N–C) groups is 2. The molecule has 0 amide bonds. The molecule has 1 heterocycles. The minimum absolute atomic E-state index is 0.240. The van der Waals surface area contributed by atoms with Crippen molar-refractivity contribution in [3.8, 4) is 0 Å². The number of anilines is 1. The van der Waals surface area contributed by atoms with Crippen molar-refractivity contribution in [3.05, 3.63) is 30.0 Å². The van der Waals surface area contributed by atoms with E-state index in [9.17, 15) is 0 Å². The molecule has 0 fully saturated rings. The van der Waals surface area contributed by atoms with Crippen LogP contribution in [0.3, 0.4) is 0 Å². The van der Waals surface area contributed by atoms with Gasteiger partial charge in [-0.3, -0.25) is 15.4 Å². The lowest BCUT2D eigenvalue weighted by molar-refractivity contribution is 1.07. The number of hydrogen-bond acceptors (Lipinski definition) is 5. The summed E-state index contributed by atoms with van der Waals surface area (Å²) in [6, 6.07) is 3.94. The van der Waals surface area contributed by atoms with Crippen LogP contribution in [0.15, 0.2) is 34.4 Å². The predicted molar refractivity (Wildman–Crippen MR) is 91.1 cm³/mol. The van der Waals surface area contributed by atoms with Crippen LogP contribution in [-0.4, -0.2) is 57.5 Å². The van der Waals surface area contributed by atoms with Crippen LogP contribution in [0.1, 0.15) is 5.56 Å². The summed E-state index contributed by atoms with van der Waals surface area (Å²) in [5.41, 5.74) is 2.14. The summed E-state index contributed by atoms with van der Waals surface area (Å²) >= 11 is 0. The highest BCUT2D eigenvalue weighted by Gasteiger charge is 2.09. The SMILES string of the molecule is C/N=C(/C=C/c1ccc(N(C)C)nc1)C(=N/C)\C(=N)NC. The fourth-order valence-corrected chi connectivity index (χ4v) is 1.67. The number of hydrogen-bond donors (Lipinski definition) is 2. The van der Waals surface area contributed by atoms with Crippen molar-refractivity contribution < 1.29 is 0 Å². The average Bonchev–Trinajstić information content (AvgIpc) is 2.51. The molecule has 0 aromatic carbocycles. The minimum atomic E-state index is 0.240. The van der Waals surface area contributed by atoms with E-state index in [1.165, 1.54) is 0 Å². The van der Waals surface area contributed by atoms with Gasteiger partial charge in [0.15, 0.2) is 0 Å². The van der Waals surface area contributed by atoms with Gasteiger partial charge in [-0.25, -0.2) is 4.98 Å². The Hall–Kier alpha value is -2.50. The zero-order valence-corrected chi connectivity index (χ0v) is 13.2.